The predicted molar refractivity (Wildman–Crippen MR) is 99.2 cm³/mol. The number of halogens is 2. The fourth-order valence-corrected chi connectivity index (χ4v) is 3.30. The van der Waals surface area contributed by atoms with Crippen LogP contribution in [-0.2, 0) is 9.53 Å². The third kappa shape index (κ3) is 4.28. The van der Waals surface area contributed by atoms with E-state index in [-0.39, 0.29) is 18.6 Å². The summed E-state index contributed by atoms with van der Waals surface area (Å²) in [5.74, 6) is -0.435. The van der Waals surface area contributed by atoms with Crippen molar-refractivity contribution in [2.24, 2.45) is 5.73 Å². The van der Waals surface area contributed by atoms with Crippen molar-refractivity contribution in [3.05, 3.63) is 58.1 Å². The molecule has 0 amide bonds. The van der Waals surface area contributed by atoms with Crippen molar-refractivity contribution < 1.29 is 18.3 Å². The lowest BCUT2D eigenvalue weighted by Gasteiger charge is -2.20. The number of ether oxygens (including phenoxy) is 1. The van der Waals surface area contributed by atoms with Gasteiger partial charge in [0.2, 0.25) is 0 Å². The summed E-state index contributed by atoms with van der Waals surface area (Å²) in [6.45, 7) is 7.49. The van der Waals surface area contributed by atoms with E-state index < -0.39 is 18.4 Å². The minimum absolute atomic E-state index is 0.0481. The van der Waals surface area contributed by atoms with E-state index in [0.29, 0.717) is 16.7 Å². The van der Waals surface area contributed by atoms with Gasteiger partial charge in [0.05, 0.1) is 13.0 Å². The summed E-state index contributed by atoms with van der Waals surface area (Å²) in [7, 11) is 0. The van der Waals surface area contributed by atoms with Crippen molar-refractivity contribution in [1.29, 1.82) is 0 Å². The van der Waals surface area contributed by atoms with Crippen LogP contribution in [0.2, 0.25) is 0 Å². The molecule has 0 fully saturated rings. The summed E-state index contributed by atoms with van der Waals surface area (Å²) in [5.41, 5.74) is 10.7. The van der Waals surface area contributed by atoms with Crippen LogP contribution in [0.25, 0.3) is 11.1 Å². The van der Waals surface area contributed by atoms with Gasteiger partial charge in [-0.15, -0.1) is 0 Å². The fourth-order valence-electron chi connectivity index (χ4n) is 3.30. The van der Waals surface area contributed by atoms with E-state index >= 15 is 0 Å². The van der Waals surface area contributed by atoms with Crippen molar-refractivity contribution in [1.82, 2.24) is 0 Å². The van der Waals surface area contributed by atoms with Crippen molar-refractivity contribution in [2.75, 3.05) is 6.61 Å². The highest BCUT2D eigenvalue weighted by molar-refractivity contribution is 5.74. The number of hydrogen-bond acceptors (Lipinski definition) is 3. The number of alkyl halides is 2. The standard InChI is InChI=1S/C21H25F2NO2/c1-5-26-19(25)11-18(24)16-9-15(10-17(14(16)4)21(22)23)20-12(2)7-6-8-13(20)3/h6-10,18,21H,5,11,24H2,1-4H3/t18-/m0/s1. The molecule has 1 atom stereocenters. The first kappa shape index (κ1) is 20.0. The van der Waals surface area contributed by atoms with Gasteiger partial charge in [-0.25, -0.2) is 8.78 Å². The number of carbonyl (C=O) groups is 1. The summed E-state index contributed by atoms with van der Waals surface area (Å²) < 4.78 is 32.2. The second kappa shape index (κ2) is 8.41. The topological polar surface area (TPSA) is 52.3 Å². The molecule has 26 heavy (non-hydrogen) atoms. The van der Waals surface area contributed by atoms with Gasteiger partial charge in [-0.2, -0.15) is 0 Å². The first-order chi connectivity index (χ1) is 12.3. The zero-order valence-electron chi connectivity index (χ0n) is 15.6. The second-order valence-corrected chi connectivity index (χ2v) is 6.46. The maximum absolute atomic E-state index is 13.6. The second-order valence-electron chi connectivity index (χ2n) is 6.46. The minimum atomic E-state index is -2.62. The lowest BCUT2D eigenvalue weighted by Crippen LogP contribution is -2.19. The number of carbonyl (C=O) groups excluding carboxylic acids is 1. The van der Waals surface area contributed by atoms with Crippen molar-refractivity contribution >= 4 is 5.97 Å². The number of nitrogens with two attached hydrogens (primary N) is 1. The summed E-state index contributed by atoms with van der Waals surface area (Å²) in [5, 5.41) is 0. The Morgan fingerprint density at radius 3 is 2.23 bits per heavy atom. The Hall–Kier alpha value is -2.27. The van der Waals surface area contributed by atoms with Crippen LogP contribution in [-0.4, -0.2) is 12.6 Å². The summed E-state index contributed by atoms with van der Waals surface area (Å²) in [6.07, 6.45) is -2.67. The summed E-state index contributed by atoms with van der Waals surface area (Å²) in [6, 6.07) is 8.47. The zero-order chi connectivity index (χ0) is 19.4. The molecule has 0 radical (unpaired) electrons. The number of benzene rings is 2. The highest BCUT2D eigenvalue weighted by Crippen LogP contribution is 2.36. The van der Waals surface area contributed by atoms with Gasteiger partial charge in [0, 0.05) is 11.6 Å². The molecule has 0 saturated heterocycles. The first-order valence-corrected chi connectivity index (χ1v) is 8.66. The van der Waals surface area contributed by atoms with Crippen LogP contribution in [0.4, 0.5) is 8.78 Å². The number of esters is 1. The molecule has 0 unspecified atom stereocenters. The van der Waals surface area contributed by atoms with Crippen LogP contribution in [0.5, 0.6) is 0 Å². The highest BCUT2D eigenvalue weighted by atomic mass is 19.3. The Balaban J connectivity index is 2.58. The third-order valence-corrected chi connectivity index (χ3v) is 4.58. The van der Waals surface area contributed by atoms with Gasteiger partial charge in [0.25, 0.3) is 6.43 Å². The predicted octanol–water partition coefficient (Wildman–Crippen LogP) is 5.17. The van der Waals surface area contributed by atoms with Crippen LogP contribution in [0.1, 0.15) is 53.6 Å². The highest BCUT2D eigenvalue weighted by Gasteiger charge is 2.22. The first-order valence-electron chi connectivity index (χ1n) is 8.66. The molecule has 2 aromatic rings. The van der Waals surface area contributed by atoms with Gasteiger partial charge >= 0.3 is 5.97 Å². The maximum atomic E-state index is 13.6. The van der Waals surface area contributed by atoms with E-state index in [1.807, 2.05) is 38.1 Å². The zero-order valence-corrected chi connectivity index (χ0v) is 15.6. The Bertz CT molecular complexity index is 783. The van der Waals surface area contributed by atoms with Gasteiger partial charge in [-0.1, -0.05) is 18.2 Å². The third-order valence-electron chi connectivity index (χ3n) is 4.58. The number of rotatable bonds is 6. The Kier molecular flexibility index (Phi) is 6.48. The molecule has 0 heterocycles. The van der Waals surface area contributed by atoms with E-state index in [0.717, 1.165) is 16.7 Å². The average Bonchev–Trinajstić information content (AvgIpc) is 2.55. The summed E-state index contributed by atoms with van der Waals surface area (Å²) >= 11 is 0. The van der Waals surface area contributed by atoms with Gasteiger partial charge in [-0.05, 0) is 73.2 Å². The molecule has 3 nitrogen and oxygen atoms in total. The van der Waals surface area contributed by atoms with Gasteiger partial charge in [0.15, 0.2) is 0 Å². The molecular weight excluding hydrogens is 336 g/mol. The lowest BCUT2D eigenvalue weighted by molar-refractivity contribution is -0.143. The molecule has 140 valence electrons. The van der Waals surface area contributed by atoms with Crippen LogP contribution < -0.4 is 5.73 Å². The van der Waals surface area contributed by atoms with E-state index in [1.54, 1.807) is 13.8 Å². The molecule has 0 spiro atoms. The van der Waals surface area contributed by atoms with Crippen LogP contribution in [0.3, 0.4) is 0 Å². The number of hydrogen-bond donors (Lipinski definition) is 1. The maximum Gasteiger partial charge on any atom is 0.307 e. The molecular formula is C21H25F2NO2. The van der Waals surface area contributed by atoms with E-state index in [4.69, 9.17) is 10.5 Å². The van der Waals surface area contributed by atoms with Crippen molar-refractivity contribution in [3.8, 4) is 11.1 Å². The fraction of sp³-hybridized carbons (Fsp3) is 0.381. The monoisotopic (exact) mass is 361 g/mol. The molecule has 0 saturated carbocycles. The SMILES string of the molecule is CCOC(=O)C[C@H](N)c1cc(-c2c(C)cccc2C)cc(C(F)F)c1C. The minimum Gasteiger partial charge on any atom is -0.466 e. The number of aryl methyl sites for hydroxylation is 2. The van der Waals surface area contributed by atoms with Crippen molar-refractivity contribution in [2.45, 2.75) is 46.6 Å². The molecule has 2 aromatic carbocycles. The molecule has 0 aromatic heterocycles. The molecule has 5 heteroatoms. The normalized spacial score (nSPS) is 12.3. The smallest absolute Gasteiger partial charge is 0.307 e. The molecule has 2 N–H and O–H groups in total. The Labute approximate surface area is 153 Å². The average molecular weight is 361 g/mol. The Morgan fingerprint density at radius 2 is 1.69 bits per heavy atom. The molecule has 2 rings (SSSR count). The molecule has 0 aliphatic heterocycles. The van der Waals surface area contributed by atoms with Gasteiger partial charge < -0.3 is 10.5 Å². The molecule has 0 aliphatic rings. The quantitative estimate of drug-likeness (QED) is 0.722. The van der Waals surface area contributed by atoms with Gasteiger partial charge in [0.1, 0.15) is 0 Å². The summed E-state index contributed by atoms with van der Waals surface area (Å²) in [4.78, 5) is 11.8. The van der Waals surface area contributed by atoms with Crippen molar-refractivity contribution in [3.63, 3.8) is 0 Å². The van der Waals surface area contributed by atoms with Gasteiger partial charge in [-0.3, -0.25) is 4.79 Å². The largest absolute Gasteiger partial charge is 0.466 e. The van der Waals surface area contributed by atoms with Crippen LogP contribution in [0.15, 0.2) is 30.3 Å². The van der Waals surface area contributed by atoms with E-state index in [9.17, 15) is 13.6 Å². The lowest BCUT2D eigenvalue weighted by atomic mass is 9.88. The molecule has 0 aliphatic carbocycles. The van der Waals surface area contributed by atoms with E-state index in [1.165, 1.54) is 6.07 Å². The molecule has 0 bridgehead atoms. The van der Waals surface area contributed by atoms with Crippen LogP contribution >= 0.6 is 0 Å². The van der Waals surface area contributed by atoms with Crippen LogP contribution in [0, 0.1) is 20.8 Å². The van der Waals surface area contributed by atoms with E-state index in [2.05, 4.69) is 0 Å². The Morgan fingerprint density at radius 1 is 1.12 bits per heavy atom.